The SMILES string of the molecule is CN1CCC(CN(C)c2cccc(F)c2CBr)C1. The van der Waals surface area contributed by atoms with Crippen LogP contribution in [0.3, 0.4) is 0 Å². The molecule has 1 fully saturated rings. The molecule has 0 amide bonds. The highest BCUT2D eigenvalue weighted by Gasteiger charge is 2.22. The van der Waals surface area contributed by atoms with Crippen molar-refractivity contribution in [3.8, 4) is 0 Å². The largest absolute Gasteiger partial charge is 0.374 e. The minimum absolute atomic E-state index is 0.125. The summed E-state index contributed by atoms with van der Waals surface area (Å²) in [5.74, 6) is 0.561. The second-order valence-corrected chi connectivity index (χ2v) is 5.73. The summed E-state index contributed by atoms with van der Waals surface area (Å²) in [6.07, 6.45) is 1.24. The number of hydrogen-bond donors (Lipinski definition) is 0. The van der Waals surface area contributed by atoms with Crippen LogP contribution in [-0.4, -0.2) is 38.6 Å². The molecule has 0 saturated carbocycles. The van der Waals surface area contributed by atoms with Gasteiger partial charge in [-0.05, 0) is 38.1 Å². The average molecular weight is 315 g/mol. The van der Waals surface area contributed by atoms with Gasteiger partial charge in [0.15, 0.2) is 0 Å². The summed E-state index contributed by atoms with van der Waals surface area (Å²) in [7, 11) is 4.21. The van der Waals surface area contributed by atoms with Gasteiger partial charge in [0.1, 0.15) is 5.82 Å². The van der Waals surface area contributed by atoms with Crippen LogP contribution in [0.2, 0.25) is 0 Å². The summed E-state index contributed by atoms with van der Waals surface area (Å²) in [6.45, 7) is 3.31. The molecule has 100 valence electrons. The van der Waals surface area contributed by atoms with Gasteiger partial charge in [-0.15, -0.1) is 0 Å². The topological polar surface area (TPSA) is 6.48 Å². The fourth-order valence-electron chi connectivity index (χ4n) is 2.70. The first-order valence-electron chi connectivity index (χ1n) is 6.35. The van der Waals surface area contributed by atoms with Gasteiger partial charge in [-0.25, -0.2) is 4.39 Å². The summed E-state index contributed by atoms with van der Waals surface area (Å²) < 4.78 is 13.7. The lowest BCUT2D eigenvalue weighted by atomic mass is 10.1. The highest BCUT2D eigenvalue weighted by atomic mass is 79.9. The molecule has 1 atom stereocenters. The molecule has 4 heteroatoms. The minimum Gasteiger partial charge on any atom is -0.374 e. The van der Waals surface area contributed by atoms with Crippen molar-refractivity contribution >= 4 is 21.6 Å². The first-order chi connectivity index (χ1) is 8.61. The van der Waals surface area contributed by atoms with Gasteiger partial charge in [-0.2, -0.15) is 0 Å². The lowest BCUT2D eigenvalue weighted by Gasteiger charge is -2.25. The number of alkyl halides is 1. The molecule has 2 rings (SSSR count). The zero-order valence-corrected chi connectivity index (χ0v) is 12.6. The van der Waals surface area contributed by atoms with E-state index in [2.05, 4.69) is 39.8 Å². The summed E-state index contributed by atoms with van der Waals surface area (Å²) in [5, 5.41) is 0.559. The van der Waals surface area contributed by atoms with Gasteiger partial charge in [-0.3, -0.25) is 0 Å². The van der Waals surface area contributed by atoms with Crippen molar-refractivity contribution in [3.63, 3.8) is 0 Å². The van der Waals surface area contributed by atoms with Gasteiger partial charge in [0, 0.05) is 36.7 Å². The Hall–Kier alpha value is -0.610. The van der Waals surface area contributed by atoms with Crippen LogP contribution in [0.25, 0.3) is 0 Å². The van der Waals surface area contributed by atoms with E-state index in [1.165, 1.54) is 19.0 Å². The number of hydrogen-bond acceptors (Lipinski definition) is 2. The van der Waals surface area contributed by atoms with Crippen molar-refractivity contribution in [2.24, 2.45) is 5.92 Å². The molecule has 1 aliphatic heterocycles. The quantitative estimate of drug-likeness (QED) is 0.788. The van der Waals surface area contributed by atoms with Crippen molar-refractivity contribution in [2.75, 3.05) is 38.6 Å². The molecule has 1 aromatic rings. The van der Waals surface area contributed by atoms with E-state index >= 15 is 0 Å². The highest BCUT2D eigenvalue weighted by molar-refractivity contribution is 9.08. The fraction of sp³-hybridized carbons (Fsp3) is 0.571. The van der Waals surface area contributed by atoms with Gasteiger partial charge in [0.05, 0.1) is 0 Å². The molecule has 0 aromatic heterocycles. The zero-order valence-electron chi connectivity index (χ0n) is 11.0. The number of rotatable bonds is 4. The van der Waals surface area contributed by atoms with E-state index in [-0.39, 0.29) is 5.82 Å². The molecule has 0 aliphatic carbocycles. The maximum Gasteiger partial charge on any atom is 0.129 e. The van der Waals surface area contributed by atoms with Crippen LogP contribution in [0.15, 0.2) is 18.2 Å². The summed E-state index contributed by atoms with van der Waals surface area (Å²) in [5.41, 5.74) is 1.76. The van der Waals surface area contributed by atoms with Crippen molar-refractivity contribution < 1.29 is 4.39 Å². The van der Waals surface area contributed by atoms with E-state index < -0.39 is 0 Å². The van der Waals surface area contributed by atoms with Gasteiger partial charge in [0.25, 0.3) is 0 Å². The molecule has 0 N–H and O–H groups in total. The van der Waals surface area contributed by atoms with Crippen LogP contribution < -0.4 is 4.90 Å². The Morgan fingerprint density at radius 3 is 2.89 bits per heavy atom. The molecule has 1 heterocycles. The second kappa shape index (κ2) is 6.02. The lowest BCUT2D eigenvalue weighted by molar-refractivity contribution is 0.396. The third kappa shape index (κ3) is 3.04. The molecule has 0 radical (unpaired) electrons. The smallest absolute Gasteiger partial charge is 0.129 e. The number of likely N-dealkylation sites (tertiary alicyclic amines) is 1. The Morgan fingerprint density at radius 2 is 2.28 bits per heavy atom. The predicted molar refractivity (Wildman–Crippen MR) is 77.9 cm³/mol. The van der Waals surface area contributed by atoms with E-state index in [4.69, 9.17) is 0 Å². The molecule has 1 saturated heterocycles. The number of halogens is 2. The van der Waals surface area contributed by atoms with E-state index in [0.717, 1.165) is 24.3 Å². The van der Waals surface area contributed by atoms with Crippen LogP contribution in [0, 0.1) is 11.7 Å². The summed E-state index contributed by atoms with van der Waals surface area (Å²) in [6, 6.07) is 5.31. The average Bonchev–Trinajstić information content (AvgIpc) is 2.74. The van der Waals surface area contributed by atoms with Crippen LogP contribution in [0.4, 0.5) is 10.1 Å². The normalized spacial score (nSPS) is 20.3. The molecule has 1 aromatic carbocycles. The van der Waals surface area contributed by atoms with Gasteiger partial charge in [0.2, 0.25) is 0 Å². The van der Waals surface area contributed by atoms with Gasteiger partial charge in [-0.1, -0.05) is 22.0 Å². The first kappa shape index (κ1) is 13.8. The van der Waals surface area contributed by atoms with Crippen molar-refractivity contribution in [1.82, 2.24) is 4.90 Å². The molecule has 1 aliphatic rings. The van der Waals surface area contributed by atoms with Crippen molar-refractivity contribution in [3.05, 3.63) is 29.6 Å². The molecular weight excluding hydrogens is 295 g/mol. The van der Waals surface area contributed by atoms with Crippen LogP contribution in [0.1, 0.15) is 12.0 Å². The fourth-order valence-corrected chi connectivity index (χ4v) is 3.25. The Kier molecular flexibility index (Phi) is 4.62. The summed E-state index contributed by atoms with van der Waals surface area (Å²) in [4.78, 5) is 4.54. The third-order valence-electron chi connectivity index (χ3n) is 3.66. The molecule has 0 bridgehead atoms. The number of anilines is 1. The highest BCUT2D eigenvalue weighted by Crippen LogP contribution is 2.26. The molecular formula is C14H20BrFN2. The minimum atomic E-state index is -0.125. The van der Waals surface area contributed by atoms with Crippen LogP contribution >= 0.6 is 15.9 Å². The molecule has 2 nitrogen and oxygen atoms in total. The van der Waals surface area contributed by atoms with E-state index in [9.17, 15) is 4.39 Å². The Balaban J connectivity index is 2.08. The zero-order chi connectivity index (χ0) is 13.1. The maximum absolute atomic E-state index is 13.7. The standard InChI is InChI=1S/C14H20BrFN2/c1-17-7-6-11(9-17)10-18(2)14-5-3-4-13(16)12(14)8-15/h3-5,11H,6-10H2,1-2H3. The second-order valence-electron chi connectivity index (χ2n) is 5.17. The van der Waals surface area contributed by atoms with Crippen LogP contribution in [-0.2, 0) is 5.33 Å². The first-order valence-corrected chi connectivity index (χ1v) is 7.47. The maximum atomic E-state index is 13.7. The van der Waals surface area contributed by atoms with Gasteiger partial charge < -0.3 is 9.80 Å². The predicted octanol–water partition coefficient (Wildman–Crippen LogP) is 3.11. The Bertz CT molecular complexity index is 411. The van der Waals surface area contributed by atoms with E-state index in [0.29, 0.717) is 11.2 Å². The van der Waals surface area contributed by atoms with E-state index in [1.54, 1.807) is 6.07 Å². The Labute approximate surface area is 117 Å². The van der Waals surface area contributed by atoms with Gasteiger partial charge >= 0.3 is 0 Å². The van der Waals surface area contributed by atoms with Crippen molar-refractivity contribution in [1.29, 1.82) is 0 Å². The Morgan fingerprint density at radius 1 is 1.50 bits per heavy atom. The van der Waals surface area contributed by atoms with Crippen molar-refractivity contribution in [2.45, 2.75) is 11.8 Å². The van der Waals surface area contributed by atoms with E-state index in [1.807, 2.05) is 6.07 Å². The van der Waals surface area contributed by atoms with Crippen LogP contribution in [0.5, 0.6) is 0 Å². The molecule has 18 heavy (non-hydrogen) atoms. The third-order valence-corrected chi connectivity index (χ3v) is 4.22. The lowest BCUT2D eigenvalue weighted by Crippen LogP contribution is -2.28. The number of benzene rings is 1. The molecule has 1 unspecified atom stereocenters. The summed E-state index contributed by atoms with van der Waals surface area (Å²) >= 11 is 3.37. The molecule has 0 spiro atoms. The number of nitrogens with zero attached hydrogens (tertiary/aromatic N) is 2. The monoisotopic (exact) mass is 314 g/mol.